The molecule has 1 saturated heterocycles. The molecule has 27 heavy (non-hydrogen) atoms. The maximum atomic E-state index is 12.3. The summed E-state index contributed by atoms with van der Waals surface area (Å²) in [5.74, 6) is 0.0135. The summed E-state index contributed by atoms with van der Waals surface area (Å²) in [6.45, 7) is 5.48. The topological polar surface area (TPSA) is 51.7 Å². The van der Waals surface area contributed by atoms with E-state index >= 15 is 0 Å². The molecule has 3 rings (SSSR count). The lowest BCUT2D eigenvalue weighted by Gasteiger charge is -2.34. The lowest BCUT2D eigenvalue weighted by molar-refractivity contribution is -0.117. The zero-order valence-electron chi connectivity index (χ0n) is 16.3. The number of piperazine rings is 1. The second-order valence-electron chi connectivity index (χ2n) is 7.23. The van der Waals surface area contributed by atoms with E-state index in [0.29, 0.717) is 6.54 Å². The van der Waals surface area contributed by atoms with E-state index < -0.39 is 0 Å². The minimum absolute atomic E-state index is 0.0135. The van der Waals surface area contributed by atoms with Gasteiger partial charge in [0.1, 0.15) is 0 Å². The summed E-state index contributed by atoms with van der Waals surface area (Å²) in [5, 5.41) is 2.99. The van der Waals surface area contributed by atoms with Crippen molar-refractivity contribution in [1.29, 1.82) is 0 Å². The van der Waals surface area contributed by atoms with Gasteiger partial charge in [-0.2, -0.15) is 0 Å². The number of aromatic nitrogens is 1. The number of benzene rings is 1. The minimum Gasteiger partial charge on any atom is -0.369 e. The summed E-state index contributed by atoms with van der Waals surface area (Å²) in [6.07, 6.45) is 4.51. The van der Waals surface area contributed by atoms with Crippen LogP contribution in [0.3, 0.4) is 0 Å². The fourth-order valence-corrected chi connectivity index (χ4v) is 3.21. The first-order valence-corrected chi connectivity index (χ1v) is 9.51. The Morgan fingerprint density at radius 1 is 1.07 bits per heavy atom. The normalized spacial score (nSPS) is 15.1. The van der Waals surface area contributed by atoms with Gasteiger partial charge in [0.25, 0.3) is 0 Å². The predicted molar refractivity (Wildman–Crippen MR) is 110 cm³/mol. The van der Waals surface area contributed by atoms with Crippen molar-refractivity contribution in [2.75, 3.05) is 63.6 Å². The van der Waals surface area contributed by atoms with Crippen molar-refractivity contribution in [3.8, 4) is 0 Å². The monoisotopic (exact) mass is 367 g/mol. The highest BCUT2D eigenvalue weighted by Crippen LogP contribution is 2.19. The average molecular weight is 367 g/mol. The summed E-state index contributed by atoms with van der Waals surface area (Å²) in [4.78, 5) is 23.1. The van der Waals surface area contributed by atoms with Crippen LogP contribution >= 0.6 is 0 Å². The third-order valence-corrected chi connectivity index (χ3v) is 4.96. The Labute approximate surface area is 161 Å². The average Bonchev–Trinajstić information content (AvgIpc) is 2.68. The van der Waals surface area contributed by atoms with Crippen LogP contribution in [0.5, 0.6) is 0 Å². The van der Waals surface area contributed by atoms with E-state index in [9.17, 15) is 4.79 Å². The molecule has 2 heterocycles. The lowest BCUT2D eigenvalue weighted by Crippen LogP contribution is -2.44. The van der Waals surface area contributed by atoms with Crippen LogP contribution in [-0.2, 0) is 11.2 Å². The molecule has 6 heteroatoms. The molecule has 144 valence electrons. The largest absolute Gasteiger partial charge is 0.369 e. The van der Waals surface area contributed by atoms with Gasteiger partial charge in [0.2, 0.25) is 5.91 Å². The molecule has 1 aromatic carbocycles. The molecule has 2 aromatic rings. The van der Waals surface area contributed by atoms with Gasteiger partial charge in [-0.15, -0.1) is 0 Å². The number of hydrogen-bond acceptors (Lipinski definition) is 5. The molecule has 1 aromatic heterocycles. The van der Waals surface area contributed by atoms with E-state index in [-0.39, 0.29) is 5.91 Å². The quantitative estimate of drug-likeness (QED) is 0.811. The fraction of sp³-hybridized carbons (Fsp3) is 0.429. The van der Waals surface area contributed by atoms with Crippen molar-refractivity contribution in [2.24, 2.45) is 0 Å². The van der Waals surface area contributed by atoms with Crippen molar-refractivity contribution in [3.63, 3.8) is 0 Å². The van der Waals surface area contributed by atoms with Gasteiger partial charge in [0.15, 0.2) is 0 Å². The third kappa shape index (κ3) is 6.05. The molecule has 0 spiro atoms. The molecular weight excluding hydrogens is 338 g/mol. The molecule has 0 atom stereocenters. The highest BCUT2D eigenvalue weighted by Gasteiger charge is 2.14. The summed E-state index contributed by atoms with van der Waals surface area (Å²) in [7, 11) is 4.13. The summed E-state index contributed by atoms with van der Waals surface area (Å²) >= 11 is 0. The minimum atomic E-state index is 0.0135. The highest BCUT2D eigenvalue weighted by molar-refractivity contribution is 5.92. The van der Waals surface area contributed by atoms with Crippen LogP contribution in [0.25, 0.3) is 0 Å². The molecule has 1 fully saturated rings. The maximum absolute atomic E-state index is 12.3. The molecule has 1 amide bonds. The number of amides is 1. The first-order valence-electron chi connectivity index (χ1n) is 9.51. The number of nitrogens with zero attached hydrogens (tertiary/aromatic N) is 4. The Morgan fingerprint density at radius 3 is 2.41 bits per heavy atom. The highest BCUT2D eigenvalue weighted by atomic mass is 16.2. The van der Waals surface area contributed by atoms with Gasteiger partial charge in [-0.1, -0.05) is 0 Å². The van der Waals surface area contributed by atoms with Crippen LogP contribution in [0.2, 0.25) is 0 Å². The number of nitrogens with one attached hydrogen (secondary N) is 1. The molecule has 0 bridgehead atoms. The first-order chi connectivity index (χ1) is 13.1. The number of carbonyl (C=O) groups is 1. The number of likely N-dealkylation sites (N-methyl/N-ethyl adjacent to an activating group) is 2. The summed E-state index contributed by atoms with van der Waals surface area (Å²) in [6, 6.07) is 12.2. The number of anilines is 2. The second kappa shape index (κ2) is 9.48. The van der Waals surface area contributed by atoms with Gasteiger partial charge >= 0.3 is 0 Å². The van der Waals surface area contributed by atoms with E-state index in [2.05, 4.69) is 39.3 Å². The van der Waals surface area contributed by atoms with Crippen LogP contribution in [0.15, 0.2) is 48.8 Å². The molecule has 0 saturated carbocycles. The summed E-state index contributed by atoms with van der Waals surface area (Å²) in [5.41, 5.74) is 3.30. The third-order valence-electron chi connectivity index (χ3n) is 4.96. The van der Waals surface area contributed by atoms with Crippen LogP contribution in [0, 0.1) is 0 Å². The Morgan fingerprint density at radius 2 is 1.74 bits per heavy atom. The Balaban J connectivity index is 1.43. The van der Waals surface area contributed by atoms with Gasteiger partial charge in [0.05, 0.1) is 6.54 Å². The van der Waals surface area contributed by atoms with E-state index in [4.69, 9.17) is 0 Å². The number of pyridine rings is 1. The van der Waals surface area contributed by atoms with Crippen molar-refractivity contribution < 1.29 is 4.79 Å². The van der Waals surface area contributed by atoms with Gasteiger partial charge in [-0.05, 0) is 62.5 Å². The van der Waals surface area contributed by atoms with Crippen LogP contribution in [-0.4, -0.2) is 74.1 Å². The Hall–Kier alpha value is -2.44. The zero-order chi connectivity index (χ0) is 19.1. The van der Waals surface area contributed by atoms with E-state index in [1.807, 2.05) is 36.2 Å². The standard InChI is InChI=1S/C21H29N5O/c1-24-13-15-26(16-14-24)20-5-3-19(4-6-20)23-21(27)17-25(2)12-9-18-7-10-22-11-8-18/h3-8,10-11H,9,12-17H2,1-2H3,(H,23,27). The molecule has 0 aliphatic carbocycles. The lowest BCUT2D eigenvalue weighted by atomic mass is 10.2. The van der Waals surface area contributed by atoms with Gasteiger partial charge in [0, 0.05) is 56.5 Å². The smallest absolute Gasteiger partial charge is 0.238 e. The molecule has 6 nitrogen and oxygen atoms in total. The van der Waals surface area contributed by atoms with Gasteiger partial charge in [-0.25, -0.2) is 0 Å². The maximum Gasteiger partial charge on any atom is 0.238 e. The second-order valence-corrected chi connectivity index (χ2v) is 7.23. The van der Waals surface area contributed by atoms with E-state index in [0.717, 1.165) is 44.8 Å². The van der Waals surface area contributed by atoms with Crippen molar-refractivity contribution in [2.45, 2.75) is 6.42 Å². The molecule has 1 N–H and O–H groups in total. The number of carbonyl (C=O) groups excluding carboxylic acids is 1. The first kappa shape index (κ1) is 19.3. The van der Waals surface area contributed by atoms with Gasteiger partial charge in [-0.3, -0.25) is 14.7 Å². The summed E-state index contributed by atoms with van der Waals surface area (Å²) < 4.78 is 0. The van der Waals surface area contributed by atoms with E-state index in [1.54, 1.807) is 12.4 Å². The molecule has 0 unspecified atom stereocenters. The van der Waals surface area contributed by atoms with Crippen LogP contribution in [0.4, 0.5) is 11.4 Å². The molecule has 0 radical (unpaired) electrons. The van der Waals surface area contributed by atoms with Crippen molar-refractivity contribution in [3.05, 3.63) is 54.4 Å². The Kier molecular flexibility index (Phi) is 6.79. The number of hydrogen-bond donors (Lipinski definition) is 1. The van der Waals surface area contributed by atoms with Crippen LogP contribution in [0.1, 0.15) is 5.56 Å². The van der Waals surface area contributed by atoms with E-state index in [1.165, 1.54) is 11.3 Å². The molecule has 1 aliphatic rings. The molecule has 1 aliphatic heterocycles. The van der Waals surface area contributed by atoms with Gasteiger partial charge < -0.3 is 15.1 Å². The number of rotatable bonds is 7. The zero-order valence-corrected chi connectivity index (χ0v) is 16.3. The van der Waals surface area contributed by atoms with Crippen molar-refractivity contribution >= 4 is 17.3 Å². The Bertz CT molecular complexity index is 711. The predicted octanol–water partition coefficient (Wildman–Crippen LogP) is 1.95. The van der Waals surface area contributed by atoms with Crippen molar-refractivity contribution in [1.82, 2.24) is 14.8 Å². The van der Waals surface area contributed by atoms with Crippen LogP contribution < -0.4 is 10.2 Å². The molecular formula is C21H29N5O. The SMILES string of the molecule is CN1CCN(c2ccc(NC(=O)CN(C)CCc3ccncc3)cc2)CC1. The fourth-order valence-electron chi connectivity index (χ4n) is 3.21.